The van der Waals surface area contributed by atoms with E-state index in [1.165, 1.54) is 0 Å². The predicted octanol–water partition coefficient (Wildman–Crippen LogP) is 0.936. The first-order chi connectivity index (χ1) is 11.1. The van der Waals surface area contributed by atoms with Gasteiger partial charge in [0, 0.05) is 31.5 Å². The summed E-state index contributed by atoms with van der Waals surface area (Å²) < 4.78 is 5.20. The van der Waals surface area contributed by atoms with Crippen LogP contribution in [-0.2, 0) is 16.0 Å². The lowest BCUT2D eigenvalue weighted by molar-refractivity contribution is -0.138. The van der Waals surface area contributed by atoms with Gasteiger partial charge in [-0.05, 0) is 6.92 Å². The predicted molar refractivity (Wildman–Crippen MR) is 82.4 cm³/mol. The third-order valence-electron chi connectivity index (χ3n) is 3.72. The van der Waals surface area contributed by atoms with E-state index in [0.29, 0.717) is 31.2 Å². The molecule has 0 aliphatic carbocycles. The van der Waals surface area contributed by atoms with Gasteiger partial charge in [0.05, 0.1) is 6.54 Å². The molecule has 1 aromatic heterocycles. The van der Waals surface area contributed by atoms with Crippen molar-refractivity contribution in [3.8, 4) is 11.4 Å². The number of benzene rings is 1. The molecule has 2 heterocycles. The number of nitrogens with one attached hydrogen (secondary N) is 1. The number of rotatable bonds is 4. The maximum atomic E-state index is 12.1. The number of piperazine rings is 1. The topological polar surface area (TPSA) is 88.3 Å². The number of carbonyl (C=O) groups excluding carboxylic acids is 2. The molecule has 0 bridgehead atoms. The average molecular weight is 314 g/mol. The molecule has 3 rings (SSSR count). The quantitative estimate of drug-likeness (QED) is 0.907. The maximum Gasteiger partial charge on any atom is 0.239 e. The van der Waals surface area contributed by atoms with Gasteiger partial charge in [0.1, 0.15) is 0 Å². The lowest BCUT2D eigenvalue weighted by Gasteiger charge is -2.26. The fourth-order valence-corrected chi connectivity index (χ4v) is 2.40. The van der Waals surface area contributed by atoms with Crippen LogP contribution in [0.5, 0.6) is 0 Å². The molecule has 1 fully saturated rings. The molecule has 1 aliphatic rings. The number of carbonyl (C=O) groups is 2. The zero-order chi connectivity index (χ0) is 16.2. The van der Waals surface area contributed by atoms with E-state index in [1.54, 1.807) is 4.90 Å². The van der Waals surface area contributed by atoms with Gasteiger partial charge in [-0.1, -0.05) is 35.0 Å². The van der Waals surface area contributed by atoms with Crippen molar-refractivity contribution < 1.29 is 14.1 Å². The molecule has 1 aromatic carbocycles. The van der Waals surface area contributed by atoms with Gasteiger partial charge < -0.3 is 14.7 Å². The summed E-state index contributed by atoms with van der Waals surface area (Å²) in [5, 5.41) is 6.64. The second-order valence-electron chi connectivity index (χ2n) is 5.54. The van der Waals surface area contributed by atoms with Gasteiger partial charge in [-0.3, -0.25) is 9.59 Å². The molecule has 1 aliphatic heterocycles. The summed E-state index contributed by atoms with van der Waals surface area (Å²) in [4.78, 5) is 29.2. The van der Waals surface area contributed by atoms with Crippen LogP contribution in [0.15, 0.2) is 28.8 Å². The van der Waals surface area contributed by atoms with E-state index >= 15 is 0 Å². The zero-order valence-electron chi connectivity index (χ0n) is 12.9. The second kappa shape index (κ2) is 6.60. The molecule has 0 radical (unpaired) electrons. The van der Waals surface area contributed by atoms with Crippen LogP contribution in [0.1, 0.15) is 17.9 Å². The first kappa shape index (κ1) is 15.2. The Bertz CT molecular complexity index is 708. The van der Waals surface area contributed by atoms with Crippen molar-refractivity contribution in [3.05, 3.63) is 35.7 Å². The summed E-state index contributed by atoms with van der Waals surface area (Å²) in [6.45, 7) is 3.18. The molecule has 2 aromatic rings. The zero-order valence-corrected chi connectivity index (χ0v) is 12.9. The van der Waals surface area contributed by atoms with Gasteiger partial charge in [-0.25, -0.2) is 0 Å². The number of aromatic nitrogens is 2. The van der Waals surface area contributed by atoms with Crippen molar-refractivity contribution in [2.75, 3.05) is 19.6 Å². The van der Waals surface area contributed by atoms with Crippen LogP contribution in [-0.4, -0.2) is 46.5 Å². The van der Waals surface area contributed by atoms with E-state index in [2.05, 4.69) is 15.5 Å². The highest BCUT2D eigenvalue weighted by atomic mass is 16.5. The van der Waals surface area contributed by atoms with Gasteiger partial charge in [-0.15, -0.1) is 0 Å². The van der Waals surface area contributed by atoms with Gasteiger partial charge in [0.15, 0.2) is 0 Å². The Morgan fingerprint density at radius 1 is 1.35 bits per heavy atom. The second-order valence-corrected chi connectivity index (χ2v) is 5.54. The van der Waals surface area contributed by atoms with Gasteiger partial charge >= 0.3 is 0 Å². The van der Waals surface area contributed by atoms with Gasteiger partial charge in [0.2, 0.25) is 23.5 Å². The molecule has 7 heteroatoms. The molecule has 2 amide bonds. The summed E-state index contributed by atoms with van der Waals surface area (Å²) >= 11 is 0. The van der Waals surface area contributed by atoms with Crippen LogP contribution in [0, 0.1) is 6.92 Å². The van der Waals surface area contributed by atoms with Crippen LogP contribution < -0.4 is 5.32 Å². The lowest BCUT2D eigenvalue weighted by Crippen LogP contribution is -2.50. The molecule has 0 unspecified atom stereocenters. The van der Waals surface area contributed by atoms with Gasteiger partial charge in [-0.2, -0.15) is 4.98 Å². The van der Waals surface area contributed by atoms with E-state index in [4.69, 9.17) is 4.52 Å². The Morgan fingerprint density at radius 2 is 2.13 bits per heavy atom. The van der Waals surface area contributed by atoms with Crippen LogP contribution in [0.4, 0.5) is 0 Å². The van der Waals surface area contributed by atoms with Crippen molar-refractivity contribution >= 4 is 11.8 Å². The molecular weight excluding hydrogens is 296 g/mol. The summed E-state index contributed by atoms with van der Waals surface area (Å²) in [5.74, 6) is 0.749. The summed E-state index contributed by atoms with van der Waals surface area (Å²) in [6, 6.07) is 7.83. The van der Waals surface area contributed by atoms with Crippen LogP contribution in [0.2, 0.25) is 0 Å². The summed E-state index contributed by atoms with van der Waals surface area (Å²) in [5.41, 5.74) is 2.04. The Balaban J connectivity index is 1.57. The van der Waals surface area contributed by atoms with Crippen molar-refractivity contribution in [2.24, 2.45) is 0 Å². The molecule has 0 atom stereocenters. The highest BCUT2D eigenvalue weighted by Crippen LogP contribution is 2.17. The van der Waals surface area contributed by atoms with E-state index in [9.17, 15) is 9.59 Å². The van der Waals surface area contributed by atoms with Crippen molar-refractivity contribution in [1.82, 2.24) is 20.4 Å². The number of hydrogen-bond acceptors (Lipinski definition) is 5. The van der Waals surface area contributed by atoms with E-state index in [0.717, 1.165) is 11.1 Å². The molecule has 1 N–H and O–H groups in total. The Morgan fingerprint density at radius 3 is 2.87 bits per heavy atom. The Labute approximate surface area is 133 Å². The molecule has 0 spiro atoms. The van der Waals surface area contributed by atoms with E-state index in [-0.39, 0.29) is 24.8 Å². The fraction of sp³-hybridized carbons (Fsp3) is 0.375. The standard InChI is InChI=1S/C16H18N4O3/c1-11-2-4-12(5-3-11)16-18-14(23-19-16)6-7-15(22)20-9-8-17-13(21)10-20/h2-5H,6-10H2,1H3,(H,17,21). The number of nitrogens with zero attached hydrogens (tertiary/aromatic N) is 3. The third-order valence-corrected chi connectivity index (χ3v) is 3.72. The molecule has 120 valence electrons. The Hall–Kier alpha value is -2.70. The normalized spacial score (nSPS) is 14.7. The number of amides is 2. The van der Waals surface area contributed by atoms with Crippen molar-refractivity contribution in [3.63, 3.8) is 0 Å². The minimum atomic E-state index is -0.121. The third kappa shape index (κ3) is 3.74. The Kier molecular flexibility index (Phi) is 4.36. The van der Waals surface area contributed by atoms with Crippen LogP contribution in [0.3, 0.4) is 0 Å². The molecule has 1 saturated heterocycles. The van der Waals surface area contributed by atoms with Crippen molar-refractivity contribution in [2.45, 2.75) is 19.8 Å². The van der Waals surface area contributed by atoms with Crippen molar-refractivity contribution in [1.29, 1.82) is 0 Å². The average Bonchev–Trinajstić information content (AvgIpc) is 3.02. The van der Waals surface area contributed by atoms with Gasteiger partial charge in [0.25, 0.3) is 0 Å². The SMILES string of the molecule is Cc1ccc(-c2noc(CCC(=O)N3CCNC(=O)C3)n2)cc1. The highest BCUT2D eigenvalue weighted by molar-refractivity contribution is 5.85. The molecule has 7 nitrogen and oxygen atoms in total. The summed E-state index contributed by atoms with van der Waals surface area (Å²) in [7, 11) is 0. The first-order valence-corrected chi connectivity index (χ1v) is 7.56. The fourth-order valence-electron chi connectivity index (χ4n) is 2.40. The molecular formula is C16H18N4O3. The maximum absolute atomic E-state index is 12.1. The minimum absolute atomic E-state index is 0.0741. The lowest BCUT2D eigenvalue weighted by atomic mass is 10.1. The molecule has 23 heavy (non-hydrogen) atoms. The highest BCUT2D eigenvalue weighted by Gasteiger charge is 2.21. The van der Waals surface area contributed by atoms with Crippen LogP contribution in [0.25, 0.3) is 11.4 Å². The smallest absolute Gasteiger partial charge is 0.239 e. The van der Waals surface area contributed by atoms with Crippen LogP contribution >= 0.6 is 0 Å². The monoisotopic (exact) mass is 314 g/mol. The molecule has 0 saturated carbocycles. The summed E-state index contributed by atoms with van der Waals surface area (Å²) in [6.07, 6.45) is 0.624. The number of aryl methyl sites for hydroxylation is 2. The largest absolute Gasteiger partial charge is 0.353 e. The van der Waals surface area contributed by atoms with E-state index in [1.807, 2.05) is 31.2 Å². The first-order valence-electron chi connectivity index (χ1n) is 7.56. The number of hydrogen-bond donors (Lipinski definition) is 1. The minimum Gasteiger partial charge on any atom is -0.353 e. The van der Waals surface area contributed by atoms with E-state index < -0.39 is 0 Å².